The number of likely N-dealkylation sites (tertiary alicyclic amines) is 1. The molecule has 1 heterocycles. The van der Waals surface area contributed by atoms with E-state index in [1.54, 1.807) is 7.11 Å². The van der Waals surface area contributed by atoms with E-state index in [0.29, 0.717) is 12.3 Å². The second kappa shape index (κ2) is 11.8. The van der Waals surface area contributed by atoms with Crippen LogP contribution in [0.25, 0.3) is 0 Å². The Hall–Kier alpha value is -1.51. The normalized spacial score (nSPS) is 21.1. The maximum atomic E-state index is 11.4. The molecule has 0 aromatic heterocycles. The van der Waals surface area contributed by atoms with Crippen LogP contribution in [0.4, 0.5) is 0 Å². The molecule has 0 bridgehead atoms. The molecule has 30 heavy (non-hydrogen) atoms. The third kappa shape index (κ3) is 6.25. The van der Waals surface area contributed by atoms with Crippen molar-refractivity contribution in [2.45, 2.75) is 57.3 Å². The van der Waals surface area contributed by atoms with Gasteiger partial charge < -0.3 is 20.7 Å². The fourth-order valence-corrected chi connectivity index (χ4v) is 4.90. The van der Waals surface area contributed by atoms with Crippen LogP contribution in [0.2, 0.25) is 0 Å². The highest BCUT2D eigenvalue weighted by molar-refractivity contribution is 14.0. The molecule has 6 nitrogen and oxygen atoms in total. The molecule has 1 aliphatic carbocycles. The summed E-state index contributed by atoms with van der Waals surface area (Å²) in [7, 11) is 1.72. The number of piperidine rings is 1. The number of primary amides is 1. The zero-order valence-electron chi connectivity index (χ0n) is 18.4. The lowest BCUT2D eigenvalue weighted by atomic mass is 9.79. The van der Waals surface area contributed by atoms with Gasteiger partial charge in [-0.3, -0.25) is 9.79 Å². The lowest BCUT2D eigenvalue weighted by Gasteiger charge is -2.35. The third-order valence-electron chi connectivity index (χ3n) is 6.42. The monoisotopic (exact) mass is 528 g/mol. The van der Waals surface area contributed by atoms with Gasteiger partial charge in [0.15, 0.2) is 5.96 Å². The molecule has 1 atom stereocenters. The largest absolute Gasteiger partial charge is 0.497 e. The third-order valence-corrected chi connectivity index (χ3v) is 6.42. The number of amides is 1. The molecule has 2 fully saturated rings. The highest BCUT2D eigenvalue weighted by Gasteiger charge is 2.36. The topological polar surface area (TPSA) is 80.0 Å². The number of nitrogens with one attached hydrogen (secondary N) is 1. The molecular weight excluding hydrogens is 491 g/mol. The molecule has 0 radical (unpaired) electrons. The molecule has 3 N–H and O–H groups in total. The summed E-state index contributed by atoms with van der Waals surface area (Å²) >= 11 is 0. The highest BCUT2D eigenvalue weighted by Crippen LogP contribution is 2.42. The van der Waals surface area contributed by atoms with Crippen LogP contribution in [-0.2, 0) is 10.2 Å². The first kappa shape index (κ1) is 24.8. The summed E-state index contributed by atoms with van der Waals surface area (Å²) in [4.78, 5) is 18.8. The molecule has 1 aromatic rings. The zero-order valence-corrected chi connectivity index (χ0v) is 20.7. The average molecular weight is 528 g/mol. The number of hydrogen-bond acceptors (Lipinski definition) is 3. The Morgan fingerprint density at radius 2 is 2.10 bits per heavy atom. The molecule has 3 rings (SSSR count). The minimum atomic E-state index is -0.207. The number of aliphatic imine (C=N–C) groups is 1. The van der Waals surface area contributed by atoms with E-state index < -0.39 is 0 Å². The molecule has 1 saturated carbocycles. The van der Waals surface area contributed by atoms with E-state index in [4.69, 9.17) is 15.5 Å². The zero-order chi connectivity index (χ0) is 20.7. The van der Waals surface area contributed by atoms with Crippen LogP contribution in [0.3, 0.4) is 0 Å². The van der Waals surface area contributed by atoms with Crippen LogP contribution >= 0.6 is 24.0 Å². The van der Waals surface area contributed by atoms with Crippen LogP contribution in [0.15, 0.2) is 29.3 Å². The second-order valence-corrected chi connectivity index (χ2v) is 8.51. The maximum Gasteiger partial charge on any atom is 0.217 e. The van der Waals surface area contributed by atoms with Crippen LogP contribution in [0.5, 0.6) is 5.75 Å². The standard InChI is InChI=1S/C23H36N4O2.HI/c1-3-25-22(27-13-7-8-18(16-27)14-21(24)28)26-17-23(11-4-5-12-23)19-9-6-10-20(15-19)29-2;/h6,9-10,15,18H,3-5,7-8,11-14,16-17H2,1-2H3,(H2,24,28)(H,25,26);1H. The van der Waals surface area contributed by atoms with Crippen molar-refractivity contribution in [3.8, 4) is 5.75 Å². The molecule has 0 spiro atoms. The van der Waals surface area contributed by atoms with Gasteiger partial charge in [0.2, 0.25) is 5.91 Å². The average Bonchev–Trinajstić information content (AvgIpc) is 3.21. The smallest absolute Gasteiger partial charge is 0.217 e. The number of halogens is 1. The number of nitrogens with zero attached hydrogens (tertiary/aromatic N) is 2. The van der Waals surface area contributed by atoms with Gasteiger partial charge in [-0.25, -0.2) is 0 Å². The van der Waals surface area contributed by atoms with Crippen molar-refractivity contribution in [2.75, 3.05) is 33.3 Å². The number of guanidine groups is 1. The van der Waals surface area contributed by atoms with E-state index in [2.05, 4.69) is 35.3 Å². The Balaban J connectivity index is 0.00000320. The Labute approximate surface area is 198 Å². The molecule has 1 unspecified atom stereocenters. The highest BCUT2D eigenvalue weighted by atomic mass is 127. The van der Waals surface area contributed by atoms with Gasteiger partial charge in [0, 0.05) is 31.5 Å². The van der Waals surface area contributed by atoms with Crippen molar-refractivity contribution >= 4 is 35.8 Å². The van der Waals surface area contributed by atoms with Crippen molar-refractivity contribution in [1.29, 1.82) is 0 Å². The number of hydrogen-bond donors (Lipinski definition) is 2. The minimum Gasteiger partial charge on any atom is -0.497 e. The van der Waals surface area contributed by atoms with E-state index in [1.165, 1.54) is 18.4 Å². The Kier molecular flexibility index (Phi) is 9.71. The number of carbonyl (C=O) groups excluding carboxylic acids is 1. The second-order valence-electron chi connectivity index (χ2n) is 8.51. The lowest BCUT2D eigenvalue weighted by molar-refractivity contribution is -0.119. The SMILES string of the molecule is CCNC(=NCC1(c2cccc(OC)c2)CCCC1)N1CCCC(CC(N)=O)C1.I. The van der Waals surface area contributed by atoms with Gasteiger partial charge in [-0.2, -0.15) is 0 Å². The first-order chi connectivity index (χ1) is 14.1. The molecule has 168 valence electrons. The summed E-state index contributed by atoms with van der Waals surface area (Å²) < 4.78 is 5.47. The summed E-state index contributed by atoms with van der Waals surface area (Å²) in [5.41, 5.74) is 6.85. The van der Waals surface area contributed by atoms with Crippen molar-refractivity contribution in [2.24, 2.45) is 16.6 Å². The van der Waals surface area contributed by atoms with E-state index in [9.17, 15) is 4.79 Å². The number of methoxy groups -OCH3 is 1. The predicted octanol–water partition coefficient (Wildman–Crippen LogP) is 3.68. The van der Waals surface area contributed by atoms with Crippen LogP contribution in [-0.4, -0.2) is 50.1 Å². The van der Waals surface area contributed by atoms with Gasteiger partial charge in [-0.05, 0) is 56.2 Å². The van der Waals surface area contributed by atoms with E-state index in [-0.39, 0.29) is 35.3 Å². The van der Waals surface area contributed by atoms with E-state index in [0.717, 1.165) is 63.6 Å². The Morgan fingerprint density at radius 3 is 2.77 bits per heavy atom. The number of benzene rings is 1. The van der Waals surface area contributed by atoms with Gasteiger partial charge in [0.1, 0.15) is 5.75 Å². The molecule has 1 aromatic carbocycles. The van der Waals surface area contributed by atoms with Gasteiger partial charge in [0.05, 0.1) is 13.7 Å². The summed E-state index contributed by atoms with van der Waals surface area (Å²) in [6.07, 6.45) is 7.40. The van der Waals surface area contributed by atoms with Crippen LogP contribution in [0, 0.1) is 5.92 Å². The van der Waals surface area contributed by atoms with Gasteiger partial charge >= 0.3 is 0 Å². The molecular formula is C23H37IN4O2. The first-order valence-corrected chi connectivity index (χ1v) is 11.0. The van der Waals surface area contributed by atoms with Crippen molar-refractivity contribution < 1.29 is 9.53 Å². The van der Waals surface area contributed by atoms with Crippen LogP contribution in [0.1, 0.15) is 57.4 Å². The Morgan fingerprint density at radius 1 is 1.33 bits per heavy atom. The molecule has 1 aliphatic heterocycles. The van der Waals surface area contributed by atoms with Gasteiger partial charge in [-0.15, -0.1) is 24.0 Å². The van der Waals surface area contributed by atoms with Crippen LogP contribution < -0.4 is 15.8 Å². The number of ether oxygens (including phenoxy) is 1. The maximum absolute atomic E-state index is 11.4. The summed E-state index contributed by atoms with van der Waals surface area (Å²) in [5.74, 6) is 2.00. The fourth-order valence-electron chi connectivity index (χ4n) is 4.90. The fraction of sp³-hybridized carbons (Fsp3) is 0.652. The number of carbonyl (C=O) groups is 1. The summed E-state index contributed by atoms with van der Waals surface area (Å²) in [5, 5.41) is 3.48. The molecule has 2 aliphatic rings. The first-order valence-electron chi connectivity index (χ1n) is 11.0. The van der Waals surface area contributed by atoms with Gasteiger partial charge in [0.25, 0.3) is 0 Å². The lowest BCUT2D eigenvalue weighted by Crippen LogP contribution is -2.47. The quantitative estimate of drug-likeness (QED) is 0.322. The van der Waals surface area contributed by atoms with Crippen molar-refractivity contribution in [1.82, 2.24) is 10.2 Å². The summed E-state index contributed by atoms with van der Waals surface area (Å²) in [6, 6.07) is 8.49. The molecule has 1 saturated heterocycles. The molecule has 7 heteroatoms. The molecule has 1 amide bonds. The number of nitrogens with two attached hydrogens (primary N) is 1. The van der Waals surface area contributed by atoms with Crippen molar-refractivity contribution in [3.63, 3.8) is 0 Å². The predicted molar refractivity (Wildman–Crippen MR) is 133 cm³/mol. The Bertz CT molecular complexity index is 719. The number of rotatable bonds is 7. The van der Waals surface area contributed by atoms with E-state index in [1.807, 2.05) is 6.07 Å². The summed E-state index contributed by atoms with van der Waals surface area (Å²) in [6.45, 7) is 5.55. The minimum absolute atomic E-state index is 0. The van der Waals surface area contributed by atoms with Crippen molar-refractivity contribution in [3.05, 3.63) is 29.8 Å². The van der Waals surface area contributed by atoms with E-state index >= 15 is 0 Å². The van der Waals surface area contributed by atoms with Gasteiger partial charge in [-0.1, -0.05) is 25.0 Å².